The quantitative estimate of drug-likeness (QED) is 0.828. The van der Waals surface area contributed by atoms with Gasteiger partial charge in [-0.1, -0.05) is 24.3 Å². The minimum Gasteiger partial charge on any atom is -0.398 e. The molecule has 5 heteroatoms. The topological polar surface area (TPSA) is 58.4 Å². The van der Waals surface area contributed by atoms with Gasteiger partial charge in [0.2, 0.25) is 0 Å². The van der Waals surface area contributed by atoms with Gasteiger partial charge < -0.3 is 16.0 Å². The summed E-state index contributed by atoms with van der Waals surface area (Å²) >= 11 is 0. The summed E-state index contributed by atoms with van der Waals surface area (Å²) in [5, 5.41) is 2.74. The van der Waals surface area contributed by atoms with Crippen LogP contribution in [-0.2, 0) is 0 Å². The van der Waals surface area contributed by atoms with Crippen LogP contribution in [0.5, 0.6) is 0 Å². The number of benzene rings is 2. The van der Waals surface area contributed by atoms with Crippen molar-refractivity contribution in [2.45, 2.75) is 18.8 Å². The lowest BCUT2D eigenvalue weighted by Gasteiger charge is -2.32. The van der Waals surface area contributed by atoms with E-state index in [1.54, 1.807) is 17.0 Å². The summed E-state index contributed by atoms with van der Waals surface area (Å²) in [6, 6.07) is 13.6. The smallest absolute Gasteiger partial charge is 0.321 e. The molecule has 2 aromatic rings. The number of urea groups is 1. The van der Waals surface area contributed by atoms with E-state index in [2.05, 4.69) is 11.4 Å². The Morgan fingerprint density at radius 2 is 1.87 bits per heavy atom. The number of likely N-dealkylation sites (tertiary alicyclic amines) is 1. The average molecular weight is 313 g/mol. The number of nitrogens with zero attached hydrogens (tertiary/aromatic N) is 1. The van der Waals surface area contributed by atoms with Crippen molar-refractivity contribution < 1.29 is 9.18 Å². The van der Waals surface area contributed by atoms with Crippen molar-refractivity contribution >= 4 is 17.4 Å². The molecule has 2 amide bonds. The summed E-state index contributed by atoms with van der Waals surface area (Å²) in [5.74, 6) is 0.0236. The minimum atomic E-state index is -0.360. The second-order valence-electron chi connectivity index (χ2n) is 5.83. The van der Waals surface area contributed by atoms with E-state index < -0.39 is 0 Å². The second kappa shape index (κ2) is 6.69. The molecule has 0 atom stereocenters. The van der Waals surface area contributed by atoms with E-state index in [0.29, 0.717) is 24.7 Å². The number of anilines is 2. The normalized spacial score (nSPS) is 15.4. The molecule has 0 radical (unpaired) electrons. The first kappa shape index (κ1) is 15.3. The van der Waals surface area contributed by atoms with Gasteiger partial charge in [-0.3, -0.25) is 0 Å². The number of nitrogens with two attached hydrogens (primary N) is 1. The zero-order chi connectivity index (χ0) is 16.2. The van der Waals surface area contributed by atoms with Crippen LogP contribution in [0, 0.1) is 5.82 Å². The van der Waals surface area contributed by atoms with Gasteiger partial charge in [0.15, 0.2) is 0 Å². The van der Waals surface area contributed by atoms with Crippen LogP contribution in [0.2, 0.25) is 0 Å². The van der Waals surface area contributed by atoms with Crippen molar-refractivity contribution in [1.82, 2.24) is 4.90 Å². The molecule has 2 aromatic carbocycles. The number of nitrogens with one attached hydrogen (secondary N) is 1. The fourth-order valence-corrected chi connectivity index (χ4v) is 3.05. The minimum absolute atomic E-state index is 0.185. The molecular formula is C18H20FN3O. The van der Waals surface area contributed by atoms with E-state index in [1.807, 2.05) is 18.2 Å². The number of rotatable bonds is 2. The van der Waals surface area contributed by atoms with Crippen LogP contribution in [0.1, 0.15) is 24.3 Å². The number of nitrogen functional groups attached to an aromatic ring is 1. The number of para-hydroxylation sites is 1. The predicted molar refractivity (Wildman–Crippen MR) is 89.8 cm³/mol. The molecule has 1 heterocycles. The van der Waals surface area contributed by atoms with Gasteiger partial charge in [-0.25, -0.2) is 9.18 Å². The van der Waals surface area contributed by atoms with Crippen molar-refractivity contribution in [3.8, 4) is 0 Å². The van der Waals surface area contributed by atoms with Gasteiger partial charge in [0.25, 0.3) is 0 Å². The summed E-state index contributed by atoms with van der Waals surface area (Å²) in [6.07, 6.45) is 1.76. The lowest BCUT2D eigenvalue weighted by Crippen LogP contribution is -2.40. The highest BCUT2D eigenvalue weighted by Gasteiger charge is 2.24. The van der Waals surface area contributed by atoms with E-state index in [4.69, 9.17) is 5.73 Å². The van der Waals surface area contributed by atoms with Crippen LogP contribution in [0.25, 0.3) is 0 Å². The number of halogens is 1. The lowest BCUT2D eigenvalue weighted by molar-refractivity contribution is 0.194. The highest BCUT2D eigenvalue weighted by Crippen LogP contribution is 2.31. The van der Waals surface area contributed by atoms with Crippen LogP contribution in [0.15, 0.2) is 48.5 Å². The summed E-state index contributed by atoms with van der Waals surface area (Å²) in [7, 11) is 0. The molecule has 3 N–H and O–H groups in total. The molecule has 0 aliphatic carbocycles. The first-order valence-corrected chi connectivity index (χ1v) is 7.79. The first-order valence-electron chi connectivity index (χ1n) is 7.79. The zero-order valence-electron chi connectivity index (χ0n) is 12.8. The van der Waals surface area contributed by atoms with Gasteiger partial charge in [-0.2, -0.15) is 0 Å². The van der Waals surface area contributed by atoms with Crippen LogP contribution < -0.4 is 11.1 Å². The number of carbonyl (C=O) groups is 1. The third kappa shape index (κ3) is 3.62. The standard InChI is InChI=1S/C18H20FN3O/c19-14-4-3-5-15(12-14)21-18(23)22-10-8-13(9-11-22)16-6-1-2-7-17(16)20/h1-7,12-13H,8-11,20H2,(H,21,23). The highest BCUT2D eigenvalue weighted by molar-refractivity contribution is 5.89. The SMILES string of the molecule is Nc1ccccc1C1CCN(C(=O)Nc2cccc(F)c2)CC1. The molecule has 0 bridgehead atoms. The van der Waals surface area contributed by atoms with Gasteiger partial charge in [-0.05, 0) is 48.6 Å². The number of amides is 2. The molecule has 0 aromatic heterocycles. The Labute approximate surface area is 135 Å². The molecule has 3 rings (SSSR count). The molecular weight excluding hydrogens is 293 g/mol. The van der Waals surface area contributed by atoms with Crippen LogP contribution in [0.4, 0.5) is 20.6 Å². The largest absolute Gasteiger partial charge is 0.398 e. The average Bonchev–Trinajstić information content (AvgIpc) is 2.55. The molecule has 1 aliphatic heterocycles. The molecule has 1 aliphatic rings. The summed E-state index contributed by atoms with van der Waals surface area (Å²) in [5.41, 5.74) is 8.49. The molecule has 1 saturated heterocycles. The van der Waals surface area contributed by atoms with Crippen LogP contribution >= 0.6 is 0 Å². The number of piperidine rings is 1. The van der Waals surface area contributed by atoms with Crippen LogP contribution in [-0.4, -0.2) is 24.0 Å². The Balaban J connectivity index is 1.58. The van der Waals surface area contributed by atoms with E-state index >= 15 is 0 Å². The van der Waals surface area contributed by atoms with E-state index in [-0.39, 0.29) is 11.8 Å². The van der Waals surface area contributed by atoms with Gasteiger partial charge >= 0.3 is 6.03 Å². The van der Waals surface area contributed by atoms with E-state index in [9.17, 15) is 9.18 Å². The molecule has 120 valence electrons. The second-order valence-corrected chi connectivity index (χ2v) is 5.83. The molecule has 0 unspecified atom stereocenters. The summed E-state index contributed by atoms with van der Waals surface area (Å²) < 4.78 is 13.2. The third-order valence-electron chi connectivity index (χ3n) is 4.29. The van der Waals surface area contributed by atoms with E-state index in [0.717, 1.165) is 24.1 Å². The molecule has 4 nitrogen and oxygen atoms in total. The monoisotopic (exact) mass is 313 g/mol. The zero-order valence-corrected chi connectivity index (χ0v) is 12.8. The maximum atomic E-state index is 13.2. The fourth-order valence-electron chi connectivity index (χ4n) is 3.05. The Bertz CT molecular complexity index is 696. The Hall–Kier alpha value is -2.56. The maximum absolute atomic E-state index is 13.2. The Morgan fingerprint density at radius 1 is 1.13 bits per heavy atom. The number of hydrogen-bond donors (Lipinski definition) is 2. The Kier molecular flexibility index (Phi) is 4.46. The molecule has 1 fully saturated rings. The van der Waals surface area contributed by atoms with Crippen molar-refractivity contribution in [2.24, 2.45) is 0 Å². The van der Waals surface area contributed by atoms with Crippen LogP contribution in [0.3, 0.4) is 0 Å². The van der Waals surface area contributed by atoms with Crippen molar-refractivity contribution in [1.29, 1.82) is 0 Å². The van der Waals surface area contributed by atoms with Gasteiger partial charge in [0.1, 0.15) is 5.82 Å². The van der Waals surface area contributed by atoms with Crippen molar-refractivity contribution in [2.75, 3.05) is 24.1 Å². The fraction of sp³-hybridized carbons (Fsp3) is 0.278. The predicted octanol–water partition coefficient (Wildman–Crippen LogP) is 3.82. The van der Waals surface area contributed by atoms with Gasteiger partial charge in [0, 0.05) is 24.5 Å². The number of carbonyl (C=O) groups excluding carboxylic acids is 1. The maximum Gasteiger partial charge on any atom is 0.321 e. The summed E-state index contributed by atoms with van der Waals surface area (Å²) in [4.78, 5) is 14.0. The molecule has 0 spiro atoms. The highest BCUT2D eigenvalue weighted by atomic mass is 19.1. The number of hydrogen-bond acceptors (Lipinski definition) is 2. The first-order chi connectivity index (χ1) is 11.1. The summed E-state index contributed by atoms with van der Waals surface area (Å²) in [6.45, 7) is 1.33. The van der Waals surface area contributed by atoms with Gasteiger partial charge in [-0.15, -0.1) is 0 Å². The van der Waals surface area contributed by atoms with Crippen molar-refractivity contribution in [3.05, 3.63) is 59.9 Å². The Morgan fingerprint density at radius 3 is 2.57 bits per heavy atom. The molecule has 23 heavy (non-hydrogen) atoms. The van der Waals surface area contributed by atoms with Gasteiger partial charge in [0.05, 0.1) is 0 Å². The lowest BCUT2D eigenvalue weighted by atomic mass is 9.88. The molecule has 0 saturated carbocycles. The third-order valence-corrected chi connectivity index (χ3v) is 4.29. The van der Waals surface area contributed by atoms with Crippen molar-refractivity contribution in [3.63, 3.8) is 0 Å². The van der Waals surface area contributed by atoms with E-state index in [1.165, 1.54) is 12.1 Å².